The average molecular weight is 633 g/mol. The number of rotatable bonds is 8. The number of carbonyl (C=O) groups excluding carboxylic acids is 2. The summed E-state index contributed by atoms with van der Waals surface area (Å²) in [6.45, 7) is 9.71. The maximum atomic E-state index is 14.2. The Morgan fingerprint density at radius 3 is 2.48 bits per heavy atom. The predicted octanol–water partition coefficient (Wildman–Crippen LogP) is 4.33. The zero-order valence-corrected chi connectivity index (χ0v) is 27.5. The molecular formula is C32H48N4O7S. The highest BCUT2D eigenvalue weighted by Crippen LogP contribution is 2.29. The van der Waals surface area contributed by atoms with Gasteiger partial charge in [0, 0.05) is 44.4 Å². The molecule has 2 aromatic rings. The van der Waals surface area contributed by atoms with Crippen LogP contribution in [0, 0.1) is 5.92 Å². The van der Waals surface area contributed by atoms with E-state index in [1.54, 1.807) is 60.4 Å². The van der Waals surface area contributed by atoms with Crippen molar-refractivity contribution in [1.82, 2.24) is 14.5 Å². The number of ether oxygens (including phenoxy) is 2. The first-order chi connectivity index (χ1) is 20.8. The number of urea groups is 1. The summed E-state index contributed by atoms with van der Waals surface area (Å²) >= 11 is 0. The third kappa shape index (κ3) is 9.65. The molecule has 0 aromatic heterocycles. The largest absolute Gasteiger partial charge is 0.490 e. The molecule has 44 heavy (non-hydrogen) atoms. The van der Waals surface area contributed by atoms with Gasteiger partial charge in [0.25, 0.3) is 5.91 Å². The van der Waals surface area contributed by atoms with Crippen LogP contribution in [0.4, 0.5) is 10.5 Å². The molecule has 11 nitrogen and oxygen atoms in total. The number of carbonyl (C=O) groups is 2. The van der Waals surface area contributed by atoms with Crippen LogP contribution in [0.5, 0.6) is 5.75 Å². The molecule has 0 aliphatic carbocycles. The summed E-state index contributed by atoms with van der Waals surface area (Å²) in [5.41, 5.74) is 0.677. The Hall–Kier alpha value is -3.19. The maximum absolute atomic E-state index is 14.2. The third-order valence-corrected chi connectivity index (χ3v) is 9.46. The number of anilines is 1. The molecule has 3 N–H and O–H groups in total. The zero-order valence-electron chi connectivity index (χ0n) is 26.7. The van der Waals surface area contributed by atoms with Crippen molar-refractivity contribution in [3.05, 3.63) is 54.1 Å². The van der Waals surface area contributed by atoms with Crippen LogP contribution >= 0.6 is 0 Å². The van der Waals surface area contributed by atoms with Crippen LogP contribution in [0.3, 0.4) is 0 Å². The van der Waals surface area contributed by atoms with E-state index in [-0.39, 0.29) is 54.1 Å². The van der Waals surface area contributed by atoms with Crippen LogP contribution in [-0.4, -0.2) is 92.3 Å². The standard InChI is InChI=1S/C32H48N4O7S/c1-22(2)33-32(39)34-26-15-16-29-28(18-26)31(38)36(24(4)21-37)19-23(3)30(42-17-11-10-12-25(5)43-29)20-35(6)44(40,41)27-13-8-7-9-14-27/h7-9,13-16,18,22-25,30,37H,10-12,17,19-21H2,1-6H3,(H2,33,34,39)/t23-,24-,25-,30-/m1/s1. The van der Waals surface area contributed by atoms with E-state index in [0.29, 0.717) is 24.5 Å². The summed E-state index contributed by atoms with van der Waals surface area (Å²) < 4.78 is 40.4. The van der Waals surface area contributed by atoms with Gasteiger partial charge in [-0.1, -0.05) is 25.1 Å². The molecule has 3 rings (SSSR count). The minimum Gasteiger partial charge on any atom is -0.490 e. The smallest absolute Gasteiger partial charge is 0.319 e. The van der Waals surface area contributed by atoms with Gasteiger partial charge in [-0.3, -0.25) is 4.79 Å². The van der Waals surface area contributed by atoms with Gasteiger partial charge in [-0.05, 0) is 77.3 Å². The van der Waals surface area contributed by atoms with Crippen molar-refractivity contribution in [3.63, 3.8) is 0 Å². The van der Waals surface area contributed by atoms with Crippen molar-refractivity contribution >= 4 is 27.6 Å². The number of fused-ring (bicyclic) bond motifs is 1. The molecule has 0 radical (unpaired) electrons. The monoisotopic (exact) mass is 632 g/mol. The molecule has 0 spiro atoms. The van der Waals surface area contributed by atoms with Crippen LogP contribution in [-0.2, 0) is 14.8 Å². The van der Waals surface area contributed by atoms with E-state index >= 15 is 0 Å². The molecule has 1 aliphatic heterocycles. The molecule has 3 amide bonds. The van der Waals surface area contributed by atoms with E-state index in [0.717, 1.165) is 12.8 Å². The second-order valence-electron chi connectivity index (χ2n) is 11.9. The van der Waals surface area contributed by atoms with Crippen molar-refractivity contribution in [2.75, 3.05) is 38.7 Å². The van der Waals surface area contributed by atoms with Gasteiger partial charge in [-0.25, -0.2) is 13.2 Å². The first-order valence-corrected chi connectivity index (χ1v) is 16.7. The molecule has 12 heteroatoms. The Kier molecular flexibility index (Phi) is 13.0. The SMILES string of the molecule is CC(C)NC(=O)Nc1ccc2c(c1)C(=O)N([C@H](C)CO)C[C@@H](C)[C@@H](CN(C)S(=O)(=O)c1ccccc1)OCCCC[C@@H](C)O2. The summed E-state index contributed by atoms with van der Waals surface area (Å²) in [7, 11) is -2.23. The van der Waals surface area contributed by atoms with Gasteiger partial charge in [0.05, 0.1) is 35.3 Å². The number of hydrogen-bond donors (Lipinski definition) is 3. The highest BCUT2D eigenvalue weighted by atomic mass is 32.2. The number of aliphatic hydroxyl groups excluding tert-OH is 1. The maximum Gasteiger partial charge on any atom is 0.319 e. The van der Waals surface area contributed by atoms with E-state index in [2.05, 4.69) is 10.6 Å². The molecule has 4 atom stereocenters. The topological polar surface area (TPSA) is 138 Å². The molecule has 0 saturated carbocycles. The van der Waals surface area contributed by atoms with Crippen molar-refractivity contribution in [2.45, 2.75) is 83.1 Å². The second kappa shape index (κ2) is 16.2. The number of aliphatic hydroxyl groups is 1. The molecule has 2 aromatic carbocycles. The minimum absolute atomic E-state index is 0.0719. The Morgan fingerprint density at radius 1 is 1.11 bits per heavy atom. The van der Waals surface area contributed by atoms with Gasteiger partial charge in [0.15, 0.2) is 0 Å². The van der Waals surface area contributed by atoms with E-state index in [1.807, 2.05) is 27.7 Å². The quantitative estimate of drug-likeness (QED) is 0.394. The fourth-order valence-electron chi connectivity index (χ4n) is 5.02. The first-order valence-electron chi connectivity index (χ1n) is 15.3. The number of sulfonamides is 1. The molecule has 1 aliphatic rings. The Labute approximate surface area is 262 Å². The predicted molar refractivity (Wildman–Crippen MR) is 170 cm³/mol. The van der Waals surface area contributed by atoms with Crippen LogP contribution in [0.15, 0.2) is 53.4 Å². The van der Waals surface area contributed by atoms with Gasteiger partial charge in [-0.15, -0.1) is 0 Å². The van der Waals surface area contributed by atoms with Crippen molar-refractivity contribution < 1.29 is 32.6 Å². The van der Waals surface area contributed by atoms with Crippen LogP contribution < -0.4 is 15.4 Å². The summed E-state index contributed by atoms with van der Waals surface area (Å²) in [5.74, 6) is -0.293. The fourth-order valence-corrected chi connectivity index (χ4v) is 6.22. The lowest BCUT2D eigenvalue weighted by Gasteiger charge is -2.35. The molecule has 0 fully saturated rings. The van der Waals surface area contributed by atoms with E-state index < -0.39 is 28.2 Å². The zero-order chi connectivity index (χ0) is 32.4. The number of benzene rings is 2. The van der Waals surface area contributed by atoms with Crippen molar-refractivity contribution in [3.8, 4) is 5.75 Å². The Balaban J connectivity index is 1.96. The highest BCUT2D eigenvalue weighted by molar-refractivity contribution is 7.89. The number of likely N-dealkylation sites (N-methyl/N-ethyl adjacent to an activating group) is 1. The van der Waals surface area contributed by atoms with Gasteiger partial charge in [0.1, 0.15) is 5.75 Å². The summed E-state index contributed by atoms with van der Waals surface area (Å²) in [4.78, 5) is 28.4. The summed E-state index contributed by atoms with van der Waals surface area (Å²) in [5, 5.41) is 15.7. The lowest BCUT2D eigenvalue weighted by atomic mass is 10.0. The number of hydrogen-bond acceptors (Lipinski definition) is 7. The Morgan fingerprint density at radius 2 is 1.82 bits per heavy atom. The Bertz CT molecular complexity index is 1340. The lowest BCUT2D eigenvalue weighted by molar-refractivity contribution is -0.00833. The molecule has 244 valence electrons. The van der Waals surface area contributed by atoms with E-state index in [9.17, 15) is 23.1 Å². The molecular weight excluding hydrogens is 584 g/mol. The van der Waals surface area contributed by atoms with Gasteiger partial charge < -0.3 is 30.1 Å². The minimum atomic E-state index is -3.76. The summed E-state index contributed by atoms with van der Waals surface area (Å²) in [6, 6.07) is 12.2. The van der Waals surface area contributed by atoms with Crippen LogP contribution in [0.1, 0.15) is 64.2 Å². The third-order valence-electron chi connectivity index (χ3n) is 7.62. The lowest BCUT2D eigenvalue weighted by Crippen LogP contribution is -2.48. The molecule has 0 bridgehead atoms. The van der Waals surface area contributed by atoms with Crippen LogP contribution in [0.2, 0.25) is 0 Å². The number of nitrogens with zero attached hydrogens (tertiary/aromatic N) is 2. The average Bonchev–Trinajstić information content (AvgIpc) is 2.98. The normalized spacial score (nSPS) is 21.2. The van der Waals surface area contributed by atoms with E-state index in [1.165, 1.54) is 11.4 Å². The summed E-state index contributed by atoms with van der Waals surface area (Å²) in [6.07, 6.45) is 1.55. The second-order valence-corrected chi connectivity index (χ2v) is 13.9. The number of nitrogens with one attached hydrogen (secondary N) is 2. The first kappa shape index (κ1) is 35.3. The van der Waals surface area contributed by atoms with E-state index in [4.69, 9.17) is 9.47 Å². The van der Waals surface area contributed by atoms with Crippen molar-refractivity contribution in [1.29, 1.82) is 0 Å². The fraction of sp³-hybridized carbons (Fsp3) is 0.562. The van der Waals surface area contributed by atoms with Crippen molar-refractivity contribution in [2.24, 2.45) is 5.92 Å². The molecule has 0 unspecified atom stereocenters. The van der Waals surface area contributed by atoms with Crippen LogP contribution in [0.25, 0.3) is 0 Å². The highest BCUT2D eigenvalue weighted by Gasteiger charge is 2.32. The molecule has 0 saturated heterocycles. The molecule has 1 heterocycles. The van der Waals surface area contributed by atoms with Gasteiger partial charge in [-0.2, -0.15) is 4.31 Å². The van der Waals surface area contributed by atoms with Gasteiger partial charge in [0.2, 0.25) is 10.0 Å². The number of amides is 3. The van der Waals surface area contributed by atoms with Gasteiger partial charge >= 0.3 is 6.03 Å².